The lowest BCUT2D eigenvalue weighted by molar-refractivity contribution is -0.125. The molecule has 1 atom stereocenters. The molecule has 1 amide bonds. The van der Waals surface area contributed by atoms with Gasteiger partial charge in [-0.25, -0.2) is 0 Å². The van der Waals surface area contributed by atoms with Crippen LogP contribution in [0.2, 0.25) is 4.34 Å². The third-order valence-corrected chi connectivity index (χ3v) is 5.06. The monoisotopic (exact) mass is 324 g/mol. The number of hydrogen-bond acceptors (Lipinski definition) is 4. The van der Waals surface area contributed by atoms with Gasteiger partial charge in [0.2, 0.25) is 5.91 Å². The van der Waals surface area contributed by atoms with Crippen LogP contribution in [0.5, 0.6) is 0 Å². The summed E-state index contributed by atoms with van der Waals surface area (Å²) in [5, 5.41) is 13.8. The molecule has 21 heavy (non-hydrogen) atoms. The van der Waals surface area contributed by atoms with Crippen LogP contribution >= 0.6 is 22.9 Å². The number of carbonyl (C=O) groups is 1. The Morgan fingerprint density at radius 2 is 2.29 bits per heavy atom. The molecule has 2 heterocycles. The normalized spacial score (nSPS) is 17.5. The molecule has 1 unspecified atom stereocenters. The summed E-state index contributed by atoms with van der Waals surface area (Å²) in [5.41, 5.74) is 1.95. The minimum atomic E-state index is 0.0267. The molecule has 0 saturated carbocycles. The van der Waals surface area contributed by atoms with E-state index in [-0.39, 0.29) is 11.8 Å². The summed E-state index contributed by atoms with van der Waals surface area (Å²) in [7, 11) is 0. The van der Waals surface area contributed by atoms with Crippen molar-refractivity contribution in [3.8, 4) is 0 Å². The molecule has 0 fully saturated rings. The minimum Gasteiger partial charge on any atom is -0.356 e. The third-order valence-electron chi connectivity index (χ3n) is 3.77. The van der Waals surface area contributed by atoms with Gasteiger partial charge in [-0.1, -0.05) is 11.6 Å². The average molecular weight is 325 g/mol. The molecule has 112 valence electrons. The number of aryl methyl sites for hydroxylation is 2. The van der Waals surface area contributed by atoms with Crippen molar-refractivity contribution in [3.63, 3.8) is 0 Å². The van der Waals surface area contributed by atoms with E-state index < -0.39 is 0 Å². The molecule has 0 bridgehead atoms. The van der Waals surface area contributed by atoms with Gasteiger partial charge in [-0.05, 0) is 37.8 Å². The maximum atomic E-state index is 12.2. The standard InChI is InChI=1S/C14H17ClN4OS/c15-13-6-4-10(21-13)2-1-7-16-14(20)9-3-5-11-12(8-9)18-19-17-11/h4,6,9H,1-3,5,7-8H2,(H,16,20)(H,17,18,19). The van der Waals surface area contributed by atoms with Gasteiger partial charge >= 0.3 is 0 Å². The average Bonchev–Trinajstić information content (AvgIpc) is 3.11. The molecular weight excluding hydrogens is 308 g/mol. The number of aromatic amines is 1. The molecular formula is C14H17ClN4OS. The van der Waals surface area contributed by atoms with Crippen LogP contribution in [0.4, 0.5) is 0 Å². The van der Waals surface area contributed by atoms with Gasteiger partial charge in [-0.2, -0.15) is 15.4 Å². The van der Waals surface area contributed by atoms with Gasteiger partial charge in [0.15, 0.2) is 0 Å². The van der Waals surface area contributed by atoms with Crippen molar-refractivity contribution in [3.05, 3.63) is 32.7 Å². The Morgan fingerprint density at radius 1 is 1.43 bits per heavy atom. The van der Waals surface area contributed by atoms with Gasteiger partial charge < -0.3 is 5.32 Å². The van der Waals surface area contributed by atoms with Crippen molar-refractivity contribution < 1.29 is 4.79 Å². The maximum Gasteiger partial charge on any atom is 0.223 e. The molecule has 2 aromatic rings. The summed E-state index contributed by atoms with van der Waals surface area (Å²) in [6, 6.07) is 3.96. The number of H-pyrrole nitrogens is 1. The van der Waals surface area contributed by atoms with E-state index in [1.165, 1.54) is 4.88 Å². The highest BCUT2D eigenvalue weighted by Crippen LogP contribution is 2.23. The molecule has 0 saturated heterocycles. The fraction of sp³-hybridized carbons (Fsp3) is 0.500. The van der Waals surface area contributed by atoms with Crippen LogP contribution in [0.1, 0.15) is 29.1 Å². The zero-order valence-electron chi connectivity index (χ0n) is 11.6. The van der Waals surface area contributed by atoms with E-state index in [0.717, 1.165) is 41.4 Å². The molecule has 0 radical (unpaired) electrons. The van der Waals surface area contributed by atoms with Gasteiger partial charge in [0, 0.05) is 23.8 Å². The van der Waals surface area contributed by atoms with E-state index in [2.05, 4.69) is 20.7 Å². The number of amides is 1. The largest absolute Gasteiger partial charge is 0.356 e. The highest BCUT2D eigenvalue weighted by molar-refractivity contribution is 7.16. The van der Waals surface area contributed by atoms with E-state index in [1.807, 2.05) is 12.1 Å². The first-order valence-electron chi connectivity index (χ1n) is 7.13. The van der Waals surface area contributed by atoms with Crippen molar-refractivity contribution >= 4 is 28.8 Å². The topological polar surface area (TPSA) is 70.7 Å². The molecule has 2 N–H and O–H groups in total. The molecule has 7 heteroatoms. The van der Waals surface area contributed by atoms with Crippen molar-refractivity contribution in [1.82, 2.24) is 20.7 Å². The Morgan fingerprint density at radius 3 is 3.10 bits per heavy atom. The molecule has 0 aromatic carbocycles. The highest BCUT2D eigenvalue weighted by atomic mass is 35.5. The number of rotatable bonds is 5. The Kier molecular flexibility index (Phi) is 4.55. The summed E-state index contributed by atoms with van der Waals surface area (Å²) >= 11 is 7.49. The number of nitrogens with zero attached hydrogens (tertiary/aromatic N) is 2. The summed E-state index contributed by atoms with van der Waals surface area (Å²) < 4.78 is 0.819. The predicted molar refractivity (Wildman–Crippen MR) is 82.6 cm³/mol. The van der Waals surface area contributed by atoms with E-state index in [9.17, 15) is 4.79 Å². The van der Waals surface area contributed by atoms with Crippen molar-refractivity contribution in [2.45, 2.75) is 32.1 Å². The lowest BCUT2D eigenvalue weighted by atomic mass is 9.89. The van der Waals surface area contributed by atoms with Crippen LogP contribution in [0.25, 0.3) is 0 Å². The van der Waals surface area contributed by atoms with Gasteiger partial charge in [0.05, 0.1) is 15.7 Å². The lowest BCUT2D eigenvalue weighted by Crippen LogP contribution is -2.34. The zero-order chi connectivity index (χ0) is 14.7. The first-order valence-corrected chi connectivity index (χ1v) is 8.32. The van der Waals surface area contributed by atoms with Crippen LogP contribution in [0.15, 0.2) is 12.1 Å². The second-order valence-electron chi connectivity index (χ2n) is 5.26. The molecule has 1 aliphatic rings. The SMILES string of the molecule is O=C(NCCCc1ccc(Cl)s1)C1CCc2n[nH]nc2C1. The van der Waals surface area contributed by atoms with Crippen molar-refractivity contribution in [2.24, 2.45) is 5.92 Å². The van der Waals surface area contributed by atoms with E-state index in [1.54, 1.807) is 11.3 Å². The Bertz CT molecular complexity index is 624. The number of thiophene rings is 1. The number of fused-ring (bicyclic) bond motifs is 1. The number of hydrogen-bond donors (Lipinski definition) is 2. The maximum absolute atomic E-state index is 12.2. The number of nitrogens with one attached hydrogen (secondary N) is 2. The zero-order valence-corrected chi connectivity index (χ0v) is 13.1. The van der Waals surface area contributed by atoms with Crippen LogP contribution in [0, 0.1) is 5.92 Å². The lowest BCUT2D eigenvalue weighted by Gasteiger charge is -2.19. The summed E-state index contributed by atoms with van der Waals surface area (Å²) in [5.74, 6) is 0.159. The smallest absolute Gasteiger partial charge is 0.223 e. The molecule has 2 aromatic heterocycles. The summed E-state index contributed by atoms with van der Waals surface area (Å²) in [4.78, 5) is 13.4. The van der Waals surface area contributed by atoms with Crippen molar-refractivity contribution in [1.29, 1.82) is 0 Å². The molecule has 3 rings (SSSR count). The van der Waals surface area contributed by atoms with Crippen LogP contribution in [-0.4, -0.2) is 27.9 Å². The van der Waals surface area contributed by atoms with E-state index in [4.69, 9.17) is 11.6 Å². The molecule has 0 aliphatic heterocycles. The molecule has 0 spiro atoms. The quantitative estimate of drug-likeness (QED) is 0.829. The first kappa shape index (κ1) is 14.5. The van der Waals surface area contributed by atoms with Gasteiger partial charge in [0.25, 0.3) is 0 Å². The third kappa shape index (κ3) is 3.63. The predicted octanol–water partition coefficient (Wildman–Crippen LogP) is 2.37. The van der Waals surface area contributed by atoms with Gasteiger partial charge in [-0.15, -0.1) is 11.3 Å². The second kappa shape index (κ2) is 6.58. The fourth-order valence-electron chi connectivity index (χ4n) is 2.61. The Hall–Kier alpha value is -1.40. The van der Waals surface area contributed by atoms with Crippen LogP contribution < -0.4 is 5.32 Å². The molecule has 5 nitrogen and oxygen atoms in total. The molecule has 1 aliphatic carbocycles. The van der Waals surface area contributed by atoms with Crippen LogP contribution in [0.3, 0.4) is 0 Å². The minimum absolute atomic E-state index is 0.0267. The van der Waals surface area contributed by atoms with Gasteiger partial charge in [0.1, 0.15) is 0 Å². The fourth-order valence-corrected chi connectivity index (χ4v) is 3.74. The summed E-state index contributed by atoms with van der Waals surface area (Å²) in [6.07, 6.45) is 4.27. The number of carbonyl (C=O) groups excluding carboxylic acids is 1. The Balaban J connectivity index is 1.41. The van der Waals surface area contributed by atoms with Gasteiger partial charge in [-0.3, -0.25) is 4.79 Å². The van der Waals surface area contributed by atoms with E-state index in [0.29, 0.717) is 13.0 Å². The number of halogens is 1. The summed E-state index contributed by atoms with van der Waals surface area (Å²) in [6.45, 7) is 0.705. The van der Waals surface area contributed by atoms with Crippen LogP contribution in [-0.2, 0) is 24.1 Å². The number of aromatic nitrogens is 3. The first-order chi connectivity index (χ1) is 10.2. The highest BCUT2D eigenvalue weighted by Gasteiger charge is 2.26. The van der Waals surface area contributed by atoms with Crippen molar-refractivity contribution in [2.75, 3.05) is 6.54 Å². The second-order valence-corrected chi connectivity index (χ2v) is 7.06. The Labute approximate surface area is 132 Å². The van der Waals surface area contributed by atoms with E-state index >= 15 is 0 Å².